The predicted octanol–water partition coefficient (Wildman–Crippen LogP) is 7.37. The molecule has 0 fully saturated rings. The molecular formula is C36H39O13P. The Morgan fingerprint density at radius 1 is 0.500 bits per heavy atom. The molecule has 14 heteroatoms. The Morgan fingerprint density at radius 3 is 1.20 bits per heavy atom. The van der Waals surface area contributed by atoms with E-state index in [0.717, 1.165) is 5.56 Å². The molecule has 13 nitrogen and oxygen atoms in total. The van der Waals surface area contributed by atoms with Gasteiger partial charge in [-0.3, -0.25) is 4.89 Å². The van der Waals surface area contributed by atoms with Crippen LogP contribution in [0, 0.1) is 6.92 Å². The third-order valence-electron chi connectivity index (χ3n) is 7.48. The van der Waals surface area contributed by atoms with Gasteiger partial charge in [0, 0.05) is 16.7 Å². The van der Waals surface area contributed by atoms with E-state index in [2.05, 4.69) is 0 Å². The van der Waals surface area contributed by atoms with Gasteiger partial charge >= 0.3 is 7.82 Å². The first kappa shape index (κ1) is 37.2. The number of aromatic hydroxyl groups is 2. The van der Waals surface area contributed by atoms with Gasteiger partial charge in [-0.1, -0.05) is 24.3 Å². The summed E-state index contributed by atoms with van der Waals surface area (Å²) in [4.78, 5) is 11.1. The first-order valence-electron chi connectivity index (χ1n) is 14.8. The lowest BCUT2D eigenvalue weighted by Gasteiger charge is -2.19. The molecule has 0 amide bonds. The van der Waals surface area contributed by atoms with Crippen LogP contribution in [0.1, 0.15) is 27.8 Å². The van der Waals surface area contributed by atoms with Crippen molar-refractivity contribution in [2.75, 3.05) is 49.8 Å². The fraction of sp³-hybridized carbons (Fsp3) is 0.222. The Bertz CT molecular complexity index is 1900. The highest BCUT2D eigenvalue weighted by molar-refractivity contribution is 7.48. The van der Waals surface area contributed by atoms with E-state index in [9.17, 15) is 19.7 Å². The quantitative estimate of drug-likeness (QED) is 0.0830. The lowest BCUT2D eigenvalue weighted by molar-refractivity contribution is 0.275. The maximum atomic E-state index is 13.6. The van der Waals surface area contributed by atoms with Crippen LogP contribution in [0.2, 0.25) is 0 Å². The second-order valence-corrected chi connectivity index (χ2v) is 11.7. The summed E-state index contributed by atoms with van der Waals surface area (Å²) in [6, 6.07) is 12.9. The third kappa shape index (κ3) is 8.13. The zero-order chi connectivity index (χ0) is 36.6. The summed E-state index contributed by atoms with van der Waals surface area (Å²) >= 11 is 0. The first-order chi connectivity index (χ1) is 23.9. The van der Waals surface area contributed by atoms with Crippen molar-refractivity contribution < 1.29 is 61.9 Å². The number of phenolic OH excluding ortho intramolecular Hbond substituents is 2. The number of rotatable bonds is 15. The van der Waals surface area contributed by atoms with Gasteiger partial charge in [-0.15, -0.1) is 0 Å². The van der Waals surface area contributed by atoms with Crippen LogP contribution in [0.3, 0.4) is 0 Å². The molecule has 0 radical (unpaired) electrons. The van der Waals surface area contributed by atoms with Crippen LogP contribution in [-0.4, -0.2) is 64.9 Å². The number of hydrogen-bond donors (Lipinski definition) is 3. The van der Waals surface area contributed by atoms with Crippen LogP contribution in [0.25, 0.3) is 24.3 Å². The maximum Gasteiger partial charge on any atom is 0.585 e. The Labute approximate surface area is 290 Å². The molecule has 0 saturated carbocycles. The monoisotopic (exact) mass is 710 g/mol. The zero-order valence-electron chi connectivity index (χ0n) is 28.8. The summed E-state index contributed by atoms with van der Waals surface area (Å²) in [5, 5.41) is 22.0. The van der Waals surface area contributed by atoms with E-state index in [1.54, 1.807) is 42.5 Å². The zero-order valence-corrected chi connectivity index (χ0v) is 29.7. The van der Waals surface area contributed by atoms with Gasteiger partial charge in [0.1, 0.15) is 11.5 Å². The minimum absolute atomic E-state index is 0.0333. The van der Waals surface area contributed by atoms with Crippen LogP contribution in [0.5, 0.6) is 63.2 Å². The fourth-order valence-electron chi connectivity index (χ4n) is 4.94. The van der Waals surface area contributed by atoms with Gasteiger partial charge in [-0.2, -0.15) is 0 Å². The van der Waals surface area contributed by atoms with E-state index in [1.807, 2.05) is 6.92 Å². The predicted molar refractivity (Wildman–Crippen MR) is 189 cm³/mol. The third-order valence-corrected chi connectivity index (χ3v) is 8.30. The van der Waals surface area contributed by atoms with E-state index in [-0.39, 0.29) is 22.6 Å². The van der Waals surface area contributed by atoms with E-state index in [0.29, 0.717) is 39.9 Å². The second-order valence-electron chi connectivity index (χ2n) is 10.4. The van der Waals surface area contributed by atoms with Crippen LogP contribution < -0.4 is 42.2 Å². The molecule has 1 atom stereocenters. The SMILES string of the molecule is COc1cc(/C=C/c2ccc(OC)c(O)c2OP(=O)(O)Oc2c(/C=C/c3cc(OC)c(OC)c(OC)c3)ccc(OC)c2O)cc(OC)c1C. The summed E-state index contributed by atoms with van der Waals surface area (Å²) in [5.41, 5.74) is 2.43. The number of methoxy groups -OCH3 is 7. The Kier molecular flexibility index (Phi) is 12.0. The molecule has 4 aromatic rings. The smallest absolute Gasteiger partial charge is 0.502 e. The van der Waals surface area contributed by atoms with Crippen molar-refractivity contribution in [1.29, 1.82) is 0 Å². The van der Waals surface area contributed by atoms with Crippen molar-refractivity contribution in [1.82, 2.24) is 0 Å². The van der Waals surface area contributed by atoms with Gasteiger partial charge in [-0.05, 0) is 66.6 Å². The van der Waals surface area contributed by atoms with Crippen molar-refractivity contribution >= 4 is 32.1 Å². The molecule has 3 N–H and O–H groups in total. The van der Waals surface area contributed by atoms with Gasteiger partial charge in [0.05, 0.1) is 49.8 Å². The van der Waals surface area contributed by atoms with Gasteiger partial charge in [-0.25, -0.2) is 4.57 Å². The van der Waals surface area contributed by atoms with E-state index in [4.69, 9.17) is 42.2 Å². The summed E-state index contributed by atoms with van der Waals surface area (Å²) < 4.78 is 62.1. The van der Waals surface area contributed by atoms with E-state index < -0.39 is 30.8 Å². The van der Waals surface area contributed by atoms with Crippen molar-refractivity contribution in [3.05, 3.63) is 76.3 Å². The number of ether oxygens (including phenoxy) is 7. The van der Waals surface area contributed by atoms with Gasteiger partial charge in [0.15, 0.2) is 34.5 Å². The highest BCUT2D eigenvalue weighted by Crippen LogP contribution is 2.54. The van der Waals surface area contributed by atoms with Crippen LogP contribution in [0.15, 0.2) is 48.5 Å². The number of phosphoric ester groups is 1. The van der Waals surface area contributed by atoms with Crippen LogP contribution >= 0.6 is 7.82 Å². The second kappa shape index (κ2) is 16.2. The Morgan fingerprint density at radius 2 is 0.860 bits per heavy atom. The topological polar surface area (TPSA) is 161 Å². The molecule has 1 unspecified atom stereocenters. The number of hydrogen-bond acceptors (Lipinski definition) is 12. The van der Waals surface area contributed by atoms with Crippen molar-refractivity contribution in [3.63, 3.8) is 0 Å². The van der Waals surface area contributed by atoms with Gasteiger partial charge < -0.3 is 52.4 Å². The Hall–Kier alpha value is -5.65. The summed E-state index contributed by atoms with van der Waals surface area (Å²) in [5.74, 6) is 0.292. The molecule has 0 aliphatic rings. The van der Waals surface area contributed by atoms with Crippen molar-refractivity contribution in [3.8, 4) is 63.2 Å². The van der Waals surface area contributed by atoms with Crippen molar-refractivity contribution in [2.45, 2.75) is 6.92 Å². The molecule has 0 aliphatic carbocycles. The number of benzene rings is 4. The highest BCUT2D eigenvalue weighted by Gasteiger charge is 2.32. The fourth-order valence-corrected chi connectivity index (χ4v) is 5.83. The average molecular weight is 711 g/mol. The largest absolute Gasteiger partial charge is 0.585 e. The minimum atomic E-state index is -5.16. The van der Waals surface area contributed by atoms with Crippen LogP contribution in [-0.2, 0) is 4.57 Å². The van der Waals surface area contributed by atoms with E-state index in [1.165, 1.54) is 80.1 Å². The molecule has 0 saturated heterocycles. The highest BCUT2D eigenvalue weighted by atomic mass is 31.2. The molecule has 0 spiro atoms. The molecule has 4 aromatic carbocycles. The summed E-state index contributed by atoms with van der Waals surface area (Å²) in [7, 11) is 4.99. The standard InChI is InChI=1S/C36H39O13P/c1-21-28(43-4)17-22(18-29(21)44-5)9-11-24-13-15-26(41-2)32(37)34(24)48-50(39,40)49-35-25(14-16-27(42-3)33(35)38)12-10-23-19-30(45-6)36(47-8)31(20-23)46-7/h9-20,37-38H,1-8H3,(H,39,40)/b11-9+,12-10+. The number of phosphoric acid groups is 1. The minimum Gasteiger partial charge on any atom is -0.502 e. The van der Waals surface area contributed by atoms with Gasteiger partial charge in [0.2, 0.25) is 17.2 Å². The lowest BCUT2D eigenvalue weighted by Crippen LogP contribution is -2.03. The summed E-state index contributed by atoms with van der Waals surface area (Å²) in [6.45, 7) is 1.85. The first-order valence-corrected chi connectivity index (χ1v) is 16.3. The average Bonchev–Trinajstić information content (AvgIpc) is 3.11. The molecular weight excluding hydrogens is 671 g/mol. The van der Waals surface area contributed by atoms with Gasteiger partial charge in [0.25, 0.3) is 0 Å². The summed E-state index contributed by atoms with van der Waals surface area (Å²) in [6.07, 6.45) is 6.37. The molecule has 266 valence electrons. The lowest BCUT2D eigenvalue weighted by atomic mass is 10.1. The normalized spacial score (nSPS) is 12.3. The molecule has 50 heavy (non-hydrogen) atoms. The molecule has 0 aliphatic heterocycles. The Balaban J connectivity index is 1.74. The molecule has 0 bridgehead atoms. The van der Waals surface area contributed by atoms with E-state index >= 15 is 0 Å². The van der Waals surface area contributed by atoms with Crippen LogP contribution in [0.4, 0.5) is 0 Å². The maximum absolute atomic E-state index is 13.6. The van der Waals surface area contributed by atoms with Crippen molar-refractivity contribution in [2.24, 2.45) is 0 Å². The molecule has 0 heterocycles. The molecule has 4 rings (SSSR count). The molecule has 0 aromatic heterocycles. The number of phenols is 2.